The third-order valence-corrected chi connectivity index (χ3v) is 3.94. The number of nitrogens with zero attached hydrogens (tertiary/aromatic N) is 3. The maximum atomic E-state index is 5.61. The maximum Gasteiger partial charge on any atom is 0.140 e. The normalized spacial score (nSPS) is 11.1. The number of hydrogen-bond acceptors (Lipinski definition) is 5. The Morgan fingerprint density at radius 1 is 1.26 bits per heavy atom. The van der Waals surface area contributed by atoms with Crippen LogP contribution in [-0.4, -0.2) is 17.0 Å². The molecule has 0 fully saturated rings. The first-order valence-corrected chi connectivity index (χ1v) is 6.93. The SMILES string of the molecule is Cc1ccc(CN(C)c2ncnc3sc(C)cc23)o1. The van der Waals surface area contributed by atoms with Crippen LogP contribution < -0.4 is 4.90 Å². The molecule has 0 N–H and O–H groups in total. The van der Waals surface area contributed by atoms with E-state index in [-0.39, 0.29) is 0 Å². The van der Waals surface area contributed by atoms with Crippen molar-refractivity contribution in [1.29, 1.82) is 0 Å². The smallest absolute Gasteiger partial charge is 0.140 e. The van der Waals surface area contributed by atoms with Crippen molar-refractivity contribution in [2.24, 2.45) is 0 Å². The van der Waals surface area contributed by atoms with Crippen LogP contribution in [0.3, 0.4) is 0 Å². The van der Waals surface area contributed by atoms with Crippen molar-refractivity contribution in [2.45, 2.75) is 20.4 Å². The fraction of sp³-hybridized carbons (Fsp3) is 0.286. The summed E-state index contributed by atoms with van der Waals surface area (Å²) in [6, 6.07) is 6.12. The van der Waals surface area contributed by atoms with Crippen LogP contribution in [0.25, 0.3) is 10.2 Å². The van der Waals surface area contributed by atoms with Gasteiger partial charge in [0.05, 0.1) is 11.9 Å². The molecular weight excluding hydrogens is 258 g/mol. The van der Waals surface area contributed by atoms with E-state index in [1.165, 1.54) is 4.88 Å². The molecule has 0 atom stereocenters. The van der Waals surface area contributed by atoms with Gasteiger partial charge in [-0.05, 0) is 32.0 Å². The van der Waals surface area contributed by atoms with E-state index in [9.17, 15) is 0 Å². The summed E-state index contributed by atoms with van der Waals surface area (Å²) in [5.41, 5.74) is 0. The lowest BCUT2D eigenvalue weighted by molar-refractivity contribution is 0.481. The first kappa shape index (κ1) is 12.2. The molecule has 0 saturated heterocycles. The van der Waals surface area contributed by atoms with Crippen LogP contribution in [0.15, 0.2) is 28.9 Å². The summed E-state index contributed by atoms with van der Waals surface area (Å²) in [5.74, 6) is 2.82. The molecule has 0 aliphatic carbocycles. The highest BCUT2D eigenvalue weighted by Crippen LogP contribution is 2.29. The zero-order valence-electron chi connectivity index (χ0n) is 11.2. The van der Waals surface area contributed by atoms with Gasteiger partial charge in [0, 0.05) is 11.9 Å². The van der Waals surface area contributed by atoms with Gasteiger partial charge in [-0.2, -0.15) is 0 Å². The van der Waals surface area contributed by atoms with Gasteiger partial charge in [-0.3, -0.25) is 0 Å². The monoisotopic (exact) mass is 273 g/mol. The molecule has 0 aromatic carbocycles. The molecule has 98 valence electrons. The van der Waals surface area contributed by atoms with Crippen molar-refractivity contribution >= 4 is 27.4 Å². The largest absolute Gasteiger partial charge is 0.464 e. The Balaban J connectivity index is 1.94. The maximum absolute atomic E-state index is 5.61. The standard InChI is InChI=1S/C14H15N3OS/c1-9-4-5-11(18-9)7-17(3)13-12-6-10(2)19-14(12)16-8-15-13/h4-6,8H,7H2,1-3H3. The van der Waals surface area contributed by atoms with E-state index in [1.54, 1.807) is 17.7 Å². The van der Waals surface area contributed by atoms with Gasteiger partial charge >= 0.3 is 0 Å². The van der Waals surface area contributed by atoms with Crippen LogP contribution in [0.4, 0.5) is 5.82 Å². The average molecular weight is 273 g/mol. The van der Waals surface area contributed by atoms with Gasteiger partial charge in [0.1, 0.15) is 28.5 Å². The summed E-state index contributed by atoms with van der Waals surface area (Å²) >= 11 is 1.69. The van der Waals surface area contributed by atoms with Crippen molar-refractivity contribution in [3.8, 4) is 0 Å². The lowest BCUT2D eigenvalue weighted by Crippen LogP contribution is -2.17. The molecule has 0 radical (unpaired) electrons. The molecule has 0 aliphatic rings. The summed E-state index contributed by atoms with van der Waals surface area (Å²) in [7, 11) is 2.02. The molecule has 19 heavy (non-hydrogen) atoms. The van der Waals surface area contributed by atoms with E-state index in [2.05, 4.69) is 27.9 Å². The van der Waals surface area contributed by atoms with Crippen molar-refractivity contribution in [2.75, 3.05) is 11.9 Å². The number of aryl methyl sites for hydroxylation is 2. The summed E-state index contributed by atoms with van der Waals surface area (Å²) in [5, 5.41) is 1.11. The zero-order chi connectivity index (χ0) is 13.4. The lowest BCUT2D eigenvalue weighted by Gasteiger charge is -2.17. The van der Waals surface area contributed by atoms with Crippen LogP contribution in [-0.2, 0) is 6.54 Å². The van der Waals surface area contributed by atoms with Gasteiger partial charge < -0.3 is 9.32 Å². The first-order valence-electron chi connectivity index (χ1n) is 6.11. The molecule has 3 aromatic heterocycles. The molecule has 0 spiro atoms. The summed E-state index contributed by atoms with van der Waals surface area (Å²) in [6.45, 7) is 4.75. The summed E-state index contributed by atoms with van der Waals surface area (Å²) in [4.78, 5) is 13.1. The predicted octanol–water partition coefficient (Wildman–Crippen LogP) is 3.54. The highest BCUT2D eigenvalue weighted by Gasteiger charge is 2.12. The fourth-order valence-electron chi connectivity index (χ4n) is 2.15. The molecule has 3 aromatic rings. The topological polar surface area (TPSA) is 42.2 Å². The highest BCUT2D eigenvalue weighted by atomic mass is 32.1. The van der Waals surface area contributed by atoms with Gasteiger partial charge in [0.15, 0.2) is 0 Å². The van der Waals surface area contributed by atoms with Gasteiger partial charge in [-0.25, -0.2) is 9.97 Å². The van der Waals surface area contributed by atoms with Crippen LogP contribution >= 0.6 is 11.3 Å². The zero-order valence-corrected chi connectivity index (χ0v) is 12.0. The van der Waals surface area contributed by atoms with E-state index < -0.39 is 0 Å². The van der Waals surface area contributed by atoms with E-state index in [1.807, 2.05) is 26.1 Å². The number of anilines is 1. The molecule has 0 aliphatic heterocycles. The Morgan fingerprint density at radius 3 is 2.84 bits per heavy atom. The second-order valence-electron chi connectivity index (χ2n) is 4.64. The highest BCUT2D eigenvalue weighted by molar-refractivity contribution is 7.18. The van der Waals surface area contributed by atoms with Gasteiger partial charge in [-0.15, -0.1) is 11.3 Å². The number of hydrogen-bond donors (Lipinski definition) is 0. The molecular formula is C14H15N3OS. The van der Waals surface area contributed by atoms with Crippen molar-refractivity contribution < 1.29 is 4.42 Å². The van der Waals surface area contributed by atoms with Crippen LogP contribution in [0, 0.1) is 13.8 Å². The minimum atomic E-state index is 0.703. The number of fused-ring (bicyclic) bond motifs is 1. The Morgan fingerprint density at radius 2 is 2.11 bits per heavy atom. The Labute approximate surface area is 115 Å². The van der Waals surface area contributed by atoms with E-state index in [0.717, 1.165) is 27.6 Å². The van der Waals surface area contributed by atoms with Gasteiger partial charge in [-0.1, -0.05) is 0 Å². The third kappa shape index (κ3) is 2.33. The van der Waals surface area contributed by atoms with Gasteiger partial charge in [0.2, 0.25) is 0 Å². The molecule has 3 rings (SSSR count). The number of furan rings is 1. The average Bonchev–Trinajstić information content (AvgIpc) is 2.93. The molecule has 0 bridgehead atoms. The third-order valence-electron chi connectivity index (χ3n) is 2.98. The van der Waals surface area contributed by atoms with Crippen LogP contribution in [0.1, 0.15) is 16.4 Å². The van der Waals surface area contributed by atoms with E-state index in [0.29, 0.717) is 6.54 Å². The number of rotatable bonds is 3. The Hall–Kier alpha value is -1.88. The predicted molar refractivity (Wildman–Crippen MR) is 77.7 cm³/mol. The second kappa shape index (κ2) is 4.66. The van der Waals surface area contributed by atoms with Crippen molar-refractivity contribution in [1.82, 2.24) is 9.97 Å². The molecule has 0 saturated carbocycles. The minimum Gasteiger partial charge on any atom is -0.464 e. The first-order chi connectivity index (χ1) is 9.13. The molecule has 0 amide bonds. The summed E-state index contributed by atoms with van der Waals surface area (Å²) < 4.78 is 5.61. The quantitative estimate of drug-likeness (QED) is 0.732. The summed E-state index contributed by atoms with van der Waals surface area (Å²) in [6.07, 6.45) is 1.62. The lowest BCUT2D eigenvalue weighted by atomic mass is 10.3. The molecule has 4 nitrogen and oxygen atoms in total. The molecule has 5 heteroatoms. The number of aromatic nitrogens is 2. The van der Waals surface area contributed by atoms with E-state index in [4.69, 9.17) is 4.42 Å². The van der Waals surface area contributed by atoms with Crippen molar-refractivity contribution in [3.05, 3.63) is 40.9 Å². The molecule has 3 heterocycles. The van der Waals surface area contributed by atoms with Crippen LogP contribution in [0.2, 0.25) is 0 Å². The molecule has 0 unspecified atom stereocenters. The van der Waals surface area contributed by atoms with Crippen LogP contribution in [0.5, 0.6) is 0 Å². The Kier molecular flexibility index (Phi) is 2.98. The van der Waals surface area contributed by atoms with Crippen molar-refractivity contribution in [3.63, 3.8) is 0 Å². The Bertz CT molecular complexity index is 716. The van der Waals surface area contributed by atoms with E-state index >= 15 is 0 Å². The second-order valence-corrected chi connectivity index (χ2v) is 5.88. The van der Waals surface area contributed by atoms with Gasteiger partial charge in [0.25, 0.3) is 0 Å². The minimum absolute atomic E-state index is 0.703. The fourth-order valence-corrected chi connectivity index (χ4v) is 2.99. The number of thiophene rings is 1.